The topological polar surface area (TPSA) is 41.0 Å². The van der Waals surface area contributed by atoms with Crippen molar-refractivity contribution in [1.82, 2.24) is 14.9 Å². The second-order valence-corrected chi connectivity index (χ2v) is 6.57. The second-order valence-electron chi connectivity index (χ2n) is 6.23. The highest BCUT2D eigenvalue weighted by Crippen LogP contribution is 2.28. The molecular formula is C18H25ClN4. The number of halogens is 1. The molecule has 0 radical (unpaired) electrons. The van der Waals surface area contributed by atoms with Gasteiger partial charge in [0, 0.05) is 17.5 Å². The van der Waals surface area contributed by atoms with Crippen LogP contribution in [-0.2, 0) is 0 Å². The first kappa shape index (κ1) is 16.5. The molecule has 1 fully saturated rings. The Morgan fingerprint density at radius 2 is 1.78 bits per heavy atom. The lowest BCUT2D eigenvalue weighted by Crippen LogP contribution is -2.40. The maximum atomic E-state index is 6.07. The van der Waals surface area contributed by atoms with Gasteiger partial charge in [-0.3, -0.25) is 0 Å². The van der Waals surface area contributed by atoms with Gasteiger partial charge in [0.05, 0.1) is 5.52 Å². The molecule has 0 amide bonds. The monoisotopic (exact) mass is 332 g/mol. The smallest absolute Gasteiger partial charge is 0.224 e. The highest BCUT2D eigenvalue weighted by molar-refractivity contribution is 6.28. The Morgan fingerprint density at radius 1 is 1.09 bits per heavy atom. The van der Waals surface area contributed by atoms with Crippen LogP contribution in [0.15, 0.2) is 24.3 Å². The van der Waals surface area contributed by atoms with Crippen LogP contribution in [0.3, 0.4) is 0 Å². The van der Waals surface area contributed by atoms with Gasteiger partial charge in [-0.05, 0) is 62.5 Å². The minimum absolute atomic E-state index is 0.308. The first-order valence-electron chi connectivity index (χ1n) is 8.64. The molecule has 23 heavy (non-hydrogen) atoms. The van der Waals surface area contributed by atoms with Gasteiger partial charge >= 0.3 is 0 Å². The van der Waals surface area contributed by atoms with Crippen molar-refractivity contribution in [3.63, 3.8) is 0 Å². The quantitative estimate of drug-likeness (QED) is 0.826. The molecule has 0 spiro atoms. The predicted molar refractivity (Wildman–Crippen MR) is 97.1 cm³/mol. The Hall–Kier alpha value is -1.39. The lowest BCUT2D eigenvalue weighted by atomic mass is 9.90. The number of para-hydroxylation sites is 1. The molecule has 0 saturated heterocycles. The van der Waals surface area contributed by atoms with Crippen LogP contribution < -0.4 is 5.32 Å². The highest BCUT2D eigenvalue weighted by atomic mass is 35.5. The zero-order chi connectivity index (χ0) is 16.2. The van der Waals surface area contributed by atoms with E-state index in [0.29, 0.717) is 11.3 Å². The van der Waals surface area contributed by atoms with E-state index in [1.165, 1.54) is 25.7 Å². The van der Waals surface area contributed by atoms with Gasteiger partial charge in [0.25, 0.3) is 0 Å². The molecule has 3 rings (SSSR count). The summed E-state index contributed by atoms with van der Waals surface area (Å²) in [5.74, 6) is 0.867. The SMILES string of the molecule is CCN(CC)C1CCC(Nc2nc(Cl)nc3ccccc23)CC1. The fourth-order valence-corrected chi connectivity index (χ4v) is 3.85. The van der Waals surface area contributed by atoms with E-state index in [1.807, 2.05) is 18.2 Å². The van der Waals surface area contributed by atoms with Crippen molar-refractivity contribution in [2.24, 2.45) is 0 Å². The molecule has 0 bridgehead atoms. The van der Waals surface area contributed by atoms with Gasteiger partial charge in [0.2, 0.25) is 5.28 Å². The molecule has 5 heteroatoms. The maximum absolute atomic E-state index is 6.07. The van der Waals surface area contributed by atoms with Crippen molar-refractivity contribution >= 4 is 28.3 Å². The van der Waals surface area contributed by atoms with E-state index in [0.717, 1.165) is 35.9 Å². The maximum Gasteiger partial charge on any atom is 0.224 e. The first-order valence-corrected chi connectivity index (χ1v) is 9.02. The van der Waals surface area contributed by atoms with E-state index in [-0.39, 0.29) is 0 Å². The fraction of sp³-hybridized carbons (Fsp3) is 0.556. The summed E-state index contributed by atoms with van der Waals surface area (Å²) >= 11 is 6.07. The molecule has 0 unspecified atom stereocenters. The van der Waals surface area contributed by atoms with Crippen molar-refractivity contribution in [1.29, 1.82) is 0 Å². The van der Waals surface area contributed by atoms with Gasteiger partial charge in [-0.15, -0.1) is 0 Å². The molecule has 1 aromatic carbocycles. The molecule has 1 heterocycles. The Balaban J connectivity index is 1.70. The Labute approximate surface area is 143 Å². The summed E-state index contributed by atoms with van der Waals surface area (Å²) in [4.78, 5) is 11.3. The zero-order valence-corrected chi connectivity index (χ0v) is 14.7. The predicted octanol–water partition coefficient (Wildman–Crippen LogP) is 4.35. The first-order chi connectivity index (χ1) is 11.2. The minimum atomic E-state index is 0.308. The average molecular weight is 333 g/mol. The van der Waals surface area contributed by atoms with E-state index in [1.54, 1.807) is 0 Å². The number of hydrogen-bond donors (Lipinski definition) is 1. The van der Waals surface area contributed by atoms with E-state index in [9.17, 15) is 0 Å². The molecule has 0 atom stereocenters. The molecule has 4 nitrogen and oxygen atoms in total. The number of nitrogens with zero attached hydrogens (tertiary/aromatic N) is 3. The molecule has 2 aromatic rings. The van der Waals surface area contributed by atoms with Crippen molar-refractivity contribution in [2.75, 3.05) is 18.4 Å². The van der Waals surface area contributed by atoms with Crippen molar-refractivity contribution in [3.05, 3.63) is 29.5 Å². The number of rotatable bonds is 5. The highest BCUT2D eigenvalue weighted by Gasteiger charge is 2.25. The van der Waals surface area contributed by atoms with Crippen LogP contribution in [0.1, 0.15) is 39.5 Å². The van der Waals surface area contributed by atoms with Crippen LogP contribution in [0, 0.1) is 0 Å². The van der Waals surface area contributed by atoms with Crippen LogP contribution in [-0.4, -0.2) is 40.0 Å². The van der Waals surface area contributed by atoms with E-state index < -0.39 is 0 Å². The van der Waals surface area contributed by atoms with E-state index in [2.05, 4.69) is 40.1 Å². The molecule has 1 saturated carbocycles. The van der Waals surface area contributed by atoms with Gasteiger partial charge < -0.3 is 10.2 Å². The fourth-order valence-electron chi connectivity index (χ4n) is 3.68. The Bertz CT molecular complexity index is 649. The van der Waals surface area contributed by atoms with Crippen LogP contribution in [0.25, 0.3) is 10.9 Å². The van der Waals surface area contributed by atoms with Gasteiger partial charge in [0.1, 0.15) is 5.82 Å². The lowest BCUT2D eigenvalue weighted by Gasteiger charge is -2.36. The minimum Gasteiger partial charge on any atom is -0.367 e. The molecule has 1 aliphatic rings. The summed E-state index contributed by atoms with van der Waals surface area (Å²) in [7, 11) is 0. The Morgan fingerprint density at radius 3 is 2.48 bits per heavy atom. The van der Waals surface area contributed by atoms with Crippen molar-refractivity contribution in [2.45, 2.75) is 51.6 Å². The largest absolute Gasteiger partial charge is 0.367 e. The summed E-state index contributed by atoms with van der Waals surface area (Å²) in [6.07, 6.45) is 4.85. The van der Waals surface area contributed by atoms with Gasteiger partial charge in [-0.25, -0.2) is 9.97 Å². The molecule has 124 valence electrons. The summed E-state index contributed by atoms with van der Waals surface area (Å²) < 4.78 is 0. The molecule has 1 aliphatic carbocycles. The number of aromatic nitrogens is 2. The number of nitrogens with one attached hydrogen (secondary N) is 1. The number of hydrogen-bond acceptors (Lipinski definition) is 4. The number of benzene rings is 1. The molecular weight excluding hydrogens is 308 g/mol. The van der Waals surface area contributed by atoms with Crippen LogP contribution in [0.5, 0.6) is 0 Å². The normalized spacial score (nSPS) is 21.7. The van der Waals surface area contributed by atoms with Crippen molar-refractivity contribution in [3.8, 4) is 0 Å². The third-order valence-electron chi connectivity index (χ3n) is 4.94. The van der Waals surface area contributed by atoms with Gasteiger partial charge in [-0.2, -0.15) is 0 Å². The average Bonchev–Trinajstić information content (AvgIpc) is 2.57. The number of anilines is 1. The summed E-state index contributed by atoms with van der Waals surface area (Å²) in [6.45, 7) is 6.79. The van der Waals surface area contributed by atoms with Gasteiger partial charge in [0.15, 0.2) is 0 Å². The van der Waals surface area contributed by atoms with Crippen LogP contribution in [0.2, 0.25) is 5.28 Å². The molecule has 1 aromatic heterocycles. The zero-order valence-electron chi connectivity index (χ0n) is 13.9. The standard InChI is InChI=1S/C18H25ClN4/c1-3-23(4-2)14-11-9-13(10-12-14)20-17-15-7-5-6-8-16(15)21-18(19)22-17/h5-8,13-14H,3-4,9-12H2,1-2H3,(H,20,21,22). The van der Waals surface area contributed by atoms with Crippen molar-refractivity contribution < 1.29 is 0 Å². The Kier molecular flexibility index (Phi) is 5.34. The summed E-state index contributed by atoms with van der Waals surface area (Å²) in [6, 6.07) is 9.22. The van der Waals surface area contributed by atoms with E-state index in [4.69, 9.17) is 11.6 Å². The molecule has 1 N–H and O–H groups in total. The third-order valence-corrected chi connectivity index (χ3v) is 5.11. The summed E-state index contributed by atoms with van der Waals surface area (Å²) in [5, 5.41) is 4.96. The van der Waals surface area contributed by atoms with Crippen LogP contribution in [0.4, 0.5) is 5.82 Å². The lowest BCUT2D eigenvalue weighted by molar-refractivity contribution is 0.167. The second kappa shape index (κ2) is 7.45. The van der Waals surface area contributed by atoms with E-state index >= 15 is 0 Å². The number of fused-ring (bicyclic) bond motifs is 1. The third kappa shape index (κ3) is 3.75. The van der Waals surface area contributed by atoms with Crippen LogP contribution >= 0.6 is 11.6 Å². The van der Waals surface area contributed by atoms with Gasteiger partial charge in [-0.1, -0.05) is 26.0 Å². The molecule has 0 aliphatic heterocycles. The summed E-state index contributed by atoms with van der Waals surface area (Å²) in [5.41, 5.74) is 0.895.